The molecule has 0 radical (unpaired) electrons. The molecule has 5 rings (SSSR count). The summed E-state index contributed by atoms with van der Waals surface area (Å²) in [5.74, 6) is 1.79. The summed E-state index contributed by atoms with van der Waals surface area (Å²) in [4.78, 5) is 17.6. The number of rotatable bonds is 6. The summed E-state index contributed by atoms with van der Waals surface area (Å²) in [7, 11) is 1.69. The molecule has 0 saturated carbocycles. The first-order valence-corrected chi connectivity index (χ1v) is 11.8. The summed E-state index contributed by atoms with van der Waals surface area (Å²) in [6.07, 6.45) is 3.68. The van der Waals surface area contributed by atoms with Crippen LogP contribution in [0.2, 0.25) is 0 Å². The van der Waals surface area contributed by atoms with Crippen LogP contribution in [0.5, 0.6) is 5.75 Å². The Morgan fingerprint density at radius 2 is 1.78 bits per heavy atom. The van der Waals surface area contributed by atoms with Crippen LogP contribution in [0.3, 0.4) is 0 Å². The van der Waals surface area contributed by atoms with E-state index in [0.29, 0.717) is 24.3 Å². The fraction of sp³-hybridized carbons (Fsp3) is 0.393. The van der Waals surface area contributed by atoms with Crippen LogP contribution in [0, 0.1) is 5.92 Å². The van der Waals surface area contributed by atoms with Gasteiger partial charge in [0.25, 0.3) is 0 Å². The number of hydrogen-bond donors (Lipinski definition) is 0. The van der Waals surface area contributed by atoms with Crippen molar-refractivity contribution in [2.45, 2.75) is 38.3 Å². The number of hydrogen-bond acceptors (Lipinski definition) is 3. The SMILES string of the molecule is COc1ccc(CCN2C(=O)CC[C@@H]3CN(Cc4cccc5ccccc45)CC[C@@H]32)cc1. The zero-order valence-corrected chi connectivity index (χ0v) is 18.9. The lowest BCUT2D eigenvalue weighted by Crippen LogP contribution is -2.56. The highest BCUT2D eigenvalue weighted by atomic mass is 16.5. The monoisotopic (exact) mass is 428 g/mol. The topological polar surface area (TPSA) is 32.8 Å². The van der Waals surface area contributed by atoms with Gasteiger partial charge in [0.2, 0.25) is 5.91 Å². The van der Waals surface area contributed by atoms with Crippen LogP contribution in [-0.4, -0.2) is 48.5 Å². The zero-order chi connectivity index (χ0) is 21.9. The first-order chi connectivity index (χ1) is 15.7. The molecule has 0 unspecified atom stereocenters. The lowest BCUT2D eigenvalue weighted by molar-refractivity contribution is -0.141. The van der Waals surface area contributed by atoms with Crippen molar-refractivity contribution in [2.24, 2.45) is 5.92 Å². The Labute approximate surface area is 190 Å². The largest absolute Gasteiger partial charge is 0.497 e. The van der Waals surface area contributed by atoms with E-state index in [2.05, 4.69) is 64.4 Å². The number of nitrogens with zero attached hydrogens (tertiary/aromatic N) is 2. The van der Waals surface area contributed by atoms with Crippen molar-refractivity contribution < 1.29 is 9.53 Å². The van der Waals surface area contributed by atoms with Crippen molar-refractivity contribution in [3.63, 3.8) is 0 Å². The summed E-state index contributed by atoms with van der Waals surface area (Å²) in [6, 6.07) is 23.9. The molecule has 0 spiro atoms. The van der Waals surface area contributed by atoms with E-state index in [-0.39, 0.29) is 0 Å². The Bertz CT molecular complexity index is 1070. The fourth-order valence-electron chi connectivity index (χ4n) is 5.57. The number of likely N-dealkylation sites (tertiary alicyclic amines) is 2. The third-order valence-corrected chi connectivity index (χ3v) is 7.30. The standard InChI is InChI=1S/C28H32N2O2/c1-32-25-12-9-21(10-13-25)15-18-30-27-16-17-29(20-24(27)11-14-28(30)31)19-23-7-4-6-22-5-2-3-8-26(22)23/h2-10,12-13,24,27H,11,14-20H2,1H3/t24-,27+/m1/s1. The summed E-state index contributed by atoms with van der Waals surface area (Å²) in [6.45, 7) is 3.94. The summed E-state index contributed by atoms with van der Waals surface area (Å²) in [5.41, 5.74) is 2.67. The van der Waals surface area contributed by atoms with Crippen molar-refractivity contribution in [3.8, 4) is 5.75 Å². The minimum absolute atomic E-state index is 0.335. The van der Waals surface area contributed by atoms with Crippen molar-refractivity contribution in [3.05, 3.63) is 77.9 Å². The number of piperidine rings is 2. The van der Waals surface area contributed by atoms with Gasteiger partial charge in [-0.25, -0.2) is 0 Å². The maximum absolute atomic E-state index is 12.8. The van der Waals surface area contributed by atoms with Gasteiger partial charge in [0.15, 0.2) is 0 Å². The van der Waals surface area contributed by atoms with Gasteiger partial charge in [-0.15, -0.1) is 0 Å². The fourth-order valence-corrected chi connectivity index (χ4v) is 5.57. The summed E-state index contributed by atoms with van der Waals surface area (Å²) >= 11 is 0. The number of amides is 1. The number of benzene rings is 3. The molecule has 2 atom stereocenters. The lowest BCUT2D eigenvalue weighted by Gasteiger charge is -2.47. The third-order valence-electron chi connectivity index (χ3n) is 7.30. The van der Waals surface area contributed by atoms with Crippen LogP contribution < -0.4 is 4.74 Å². The van der Waals surface area contributed by atoms with Crippen molar-refractivity contribution in [1.82, 2.24) is 9.80 Å². The highest BCUT2D eigenvalue weighted by Crippen LogP contribution is 2.32. The molecule has 3 aromatic rings. The number of fused-ring (bicyclic) bond motifs is 2. The van der Waals surface area contributed by atoms with Crippen molar-refractivity contribution >= 4 is 16.7 Å². The quantitative estimate of drug-likeness (QED) is 0.560. The predicted molar refractivity (Wildman–Crippen MR) is 129 cm³/mol. The predicted octanol–water partition coefficient (Wildman–Crippen LogP) is 4.90. The average Bonchev–Trinajstić information content (AvgIpc) is 2.84. The maximum atomic E-state index is 12.8. The van der Waals surface area contributed by atoms with Crippen molar-refractivity contribution in [1.29, 1.82) is 0 Å². The van der Waals surface area contributed by atoms with Gasteiger partial charge in [0.1, 0.15) is 5.75 Å². The van der Waals surface area contributed by atoms with E-state index in [9.17, 15) is 4.79 Å². The highest BCUT2D eigenvalue weighted by Gasteiger charge is 2.38. The second-order valence-corrected chi connectivity index (χ2v) is 9.21. The third kappa shape index (κ3) is 4.37. The van der Waals surface area contributed by atoms with Gasteiger partial charge in [0, 0.05) is 38.6 Å². The molecule has 0 N–H and O–H groups in total. The normalized spacial score (nSPS) is 21.5. The second-order valence-electron chi connectivity index (χ2n) is 9.21. The van der Waals surface area contributed by atoms with E-state index in [4.69, 9.17) is 4.74 Å². The molecule has 4 nitrogen and oxygen atoms in total. The maximum Gasteiger partial charge on any atom is 0.222 e. The zero-order valence-electron chi connectivity index (χ0n) is 18.9. The van der Waals surface area contributed by atoms with E-state index in [1.807, 2.05) is 12.1 Å². The molecule has 4 heteroatoms. The van der Waals surface area contributed by atoms with Gasteiger partial charge < -0.3 is 9.64 Å². The summed E-state index contributed by atoms with van der Waals surface area (Å²) in [5, 5.41) is 2.67. The molecule has 2 aliphatic heterocycles. The van der Waals surface area contributed by atoms with E-state index < -0.39 is 0 Å². The van der Waals surface area contributed by atoms with Gasteiger partial charge >= 0.3 is 0 Å². The molecule has 3 aromatic carbocycles. The van der Waals surface area contributed by atoms with Gasteiger partial charge in [0.05, 0.1) is 7.11 Å². The highest BCUT2D eigenvalue weighted by molar-refractivity contribution is 5.85. The van der Waals surface area contributed by atoms with Crippen LogP contribution in [-0.2, 0) is 17.8 Å². The average molecular weight is 429 g/mol. The molecule has 32 heavy (non-hydrogen) atoms. The Hall–Kier alpha value is -2.85. The molecule has 166 valence electrons. The van der Waals surface area contributed by atoms with Crippen molar-refractivity contribution in [2.75, 3.05) is 26.7 Å². The van der Waals surface area contributed by atoms with E-state index in [1.165, 1.54) is 21.9 Å². The molecule has 2 saturated heterocycles. The van der Waals surface area contributed by atoms with Crippen LogP contribution in [0.25, 0.3) is 10.8 Å². The van der Waals surface area contributed by atoms with Crippen LogP contribution in [0.4, 0.5) is 0 Å². The minimum atomic E-state index is 0.335. The van der Waals surface area contributed by atoms with Gasteiger partial charge in [-0.1, -0.05) is 54.6 Å². The molecule has 0 aromatic heterocycles. The van der Waals surface area contributed by atoms with Gasteiger partial charge in [-0.2, -0.15) is 0 Å². The number of carbonyl (C=O) groups is 1. The van der Waals surface area contributed by atoms with Gasteiger partial charge in [-0.05, 0) is 59.2 Å². The Morgan fingerprint density at radius 1 is 0.969 bits per heavy atom. The Balaban J connectivity index is 1.23. The molecular formula is C28H32N2O2. The minimum Gasteiger partial charge on any atom is -0.497 e. The second kappa shape index (κ2) is 9.33. The smallest absolute Gasteiger partial charge is 0.222 e. The first-order valence-electron chi connectivity index (χ1n) is 11.8. The first kappa shape index (κ1) is 21.0. The van der Waals surface area contributed by atoms with E-state index >= 15 is 0 Å². The van der Waals surface area contributed by atoms with Crippen LogP contribution in [0.15, 0.2) is 66.7 Å². The van der Waals surface area contributed by atoms with Crippen LogP contribution in [0.1, 0.15) is 30.4 Å². The molecule has 0 aliphatic carbocycles. The van der Waals surface area contributed by atoms with Gasteiger partial charge in [-0.3, -0.25) is 9.69 Å². The number of ether oxygens (including phenoxy) is 1. The van der Waals surface area contributed by atoms with E-state index in [1.54, 1.807) is 7.11 Å². The molecule has 2 aliphatic rings. The molecule has 2 heterocycles. The van der Waals surface area contributed by atoms with E-state index in [0.717, 1.165) is 51.2 Å². The van der Waals surface area contributed by atoms with Crippen LogP contribution >= 0.6 is 0 Å². The molecule has 0 bridgehead atoms. The molecular weight excluding hydrogens is 396 g/mol. The lowest BCUT2D eigenvalue weighted by atomic mass is 9.83. The number of carbonyl (C=O) groups excluding carboxylic acids is 1. The summed E-state index contributed by atoms with van der Waals surface area (Å²) < 4.78 is 5.26. The number of methoxy groups -OCH3 is 1. The molecule has 2 fully saturated rings. The molecule has 1 amide bonds. The Kier molecular flexibility index (Phi) is 6.13. The Morgan fingerprint density at radius 3 is 2.62 bits per heavy atom.